The zero-order valence-corrected chi connectivity index (χ0v) is 12.0. The molecule has 3 rings (SSSR count). The normalized spacial score (nSPS) is 24.8. The molecule has 0 saturated heterocycles. The van der Waals surface area contributed by atoms with Crippen molar-refractivity contribution in [2.45, 2.75) is 44.6 Å². The molecule has 0 bridgehead atoms. The van der Waals surface area contributed by atoms with E-state index < -0.39 is 6.04 Å². The van der Waals surface area contributed by atoms with Gasteiger partial charge in [-0.15, -0.1) is 0 Å². The molecule has 20 heavy (non-hydrogen) atoms. The number of aromatic nitrogens is 4. The lowest BCUT2D eigenvalue weighted by molar-refractivity contribution is 0.318. The molecule has 2 heterocycles. The minimum absolute atomic E-state index is 0.397. The van der Waals surface area contributed by atoms with Gasteiger partial charge in [-0.05, 0) is 18.8 Å². The van der Waals surface area contributed by atoms with Crippen molar-refractivity contribution >= 4 is 0 Å². The standard InChI is InChI=1S/C14H21N5O/c1-9-4-3-5-10(6-9)13-17-14(20-18-13)12(15)11-7-16-19(2)8-11/h7-10,12H,3-6,15H2,1-2H3. The second kappa shape index (κ2) is 5.36. The first-order chi connectivity index (χ1) is 9.63. The fourth-order valence-corrected chi connectivity index (χ4v) is 2.95. The number of hydrogen-bond acceptors (Lipinski definition) is 5. The third kappa shape index (κ3) is 2.60. The topological polar surface area (TPSA) is 82.8 Å². The Morgan fingerprint density at radius 3 is 3.00 bits per heavy atom. The lowest BCUT2D eigenvalue weighted by atomic mass is 9.82. The van der Waals surface area contributed by atoms with Gasteiger partial charge < -0.3 is 10.3 Å². The molecule has 3 atom stereocenters. The molecule has 2 aromatic heterocycles. The van der Waals surface area contributed by atoms with Gasteiger partial charge in [-0.1, -0.05) is 24.9 Å². The smallest absolute Gasteiger partial charge is 0.248 e. The third-order valence-corrected chi connectivity index (χ3v) is 4.11. The zero-order valence-electron chi connectivity index (χ0n) is 12.0. The van der Waals surface area contributed by atoms with E-state index in [-0.39, 0.29) is 0 Å². The molecule has 0 spiro atoms. The van der Waals surface area contributed by atoms with Gasteiger partial charge in [0, 0.05) is 24.7 Å². The van der Waals surface area contributed by atoms with E-state index in [9.17, 15) is 0 Å². The van der Waals surface area contributed by atoms with Gasteiger partial charge in [-0.25, -0.2) is 0 Å². The van der Waals surface area contributed by atoms with E-state index in [1.165, 1.54) is 12.8 Å². The van der Waals surface area contributed by atoms with Crippen LogP contribution in [0.25, 0.3) is 0 Å². The third-order valence-electron chi connectivity index (χ3n) is 4.11. The molecule has 2 N–H and O–H groups in total. The lowest BCUT2D eigenvalue weighted by Gasteiger charge is -2.23. The summed E-state index contributed by atoms with van der Waals surface area (Å²) >= 11 is 0. The minimum atomic E-state index is -0.397. The summed E-state index contributed by atoms with van der Waals surface area (Å²) in [7, 11) is 1.86. The summed E-state index contributed by atoms with van der Waals surface area (Å²) in [6.07, 6.45) is 8.43. The molecule has 1 aliphatic rings. The second-order valence-electron chi connectivity index (χ2n) is 5.88. The van der Waals surface area contributed by atoms with E-state index in [0.29, 0.717) is 11.8 Å². The quantitative estimate of drug-likeness (QED) is 0.928. The molecule has 1 saturated carbocycles. The highest BCUT2D eigenvalue weighted by molar-refractivity contribution is 5.17. The van der Waals surface area contributed by atoms with Crippen molar-refractivity contribution in [2.24, 2.45) is 18.7 Å². The molecule has 0 aliphatic heterocycles. The summed E-state index contributed by atoms with van der Waals surface area (Å²) in [4.78, 5) is 4.51. The molecular weight excluding hydrogens is 254 g/mol. The van der Waals surface area contributed by atoms with Crippen LogP contribution in [0.3, 0.4) is 0 Å². The fourth-order valence-electron chi connectivity index (χ4n) is 2.95. The maximum Gasteiger partial charge on any atom is 0.248 e. The molecule has 0 amide bonds. The van der Waals surface area contributed by atoms with Gasteiger partial charge >= 0.3 is 0 Å². The molecule has 6 nitrogen and oxygen atoms in total. The van der Waals surface area contributed by atoms with E-state index in [1.54, 1.807) is 10.9 Å². The van der Waals surface area contributed by atoms with E-state index in [2.05, 4.69) is 22.2 Å². The molecule has 3 unspecified atom stereocenters. The fraction of sp³-hybridized carbons (Fsp3) is 0.643. The summed E-state index contributed by atoms with van der Waals surface area (Å²) in [6, 6.07) is -0.397. The van der Waals surface area contributed by atoms with Gasteiger partial charge in [-0.2, -0.15) is 10.1 Å². The molecule has 0 radical (unpaired) electrons. The molecule has 1 fully saturated rings. The molecule has 1 aliphatic carbocycles. The van der Waals surface area contributed by atoms with Gasteiger partial charge in [0.05, 0.1) is 6.20 Å². The van der Waals surface area contributed by atoms with Crippen LogP contribution in [0.1, 0.15) is 61.8 Å². The van der Waals surface area contributed by atoms with Crippen molar-refractivity contribution in [3.63, 3.8) is 0 Å². The Morgan fingerprint density at radius 2 is 2.30 bits per heavy atom. The van der Waals surface area contributed by atoms with Crippen LogP contribution in [0, 0.1) is 5.92 Å². The summed E-state index contributed by atoms with van der Waals surface area (Å²) in [6.45, 7) is 2.29. The monoisotopic (exact) mass is 275 g/mol. The predicted octanol–water partition coefficient (Wildman–Crippen LogP) is 2.14. The predicted molar refractivity (Wildman–Crippen MR) is 73.9 cm³/mol. The first kappa shape index (κ1) is 13.3. The summed E-state index contributed by atoms with van der Waals surface area (Å²) in [5, 5.41) is 8.25. The highest BCUT2D eigenvalue weighted by Crippen LogP contribution is 2.34. The van der Waals surface area contributed by atoms with E-state index in [1.807, 2.05) is 13.2 Å². The zero-order chi connectivity index (χ0) is 14.1. The van der Waals surface area contributed by atoms with E-state index in [4.69, 9.17) is 10.3 Å². The Balaban J connectivity index is 1.76. The molecule has 2 aromatic rings. The minimum Gasteiger partial charge on any atom is -0.337 e. The molecule has 6 heteroatoms. The van der Waals surface area contributed by atoms with Crippen molar-refractivity contribution in [2.75, 3.05) is 0 Å². The van der Waals surface area contributed by atoms with E-state index in [0.717, 1.165) is 30.1 Å². The number of rotatable bonds is 3. The largest absolute Gasteiger partial charge is 0.337 e. The Morgan fingerprint density at radius 1 is 1.45 bits per heavy atom. The maximum atomic E-state index is 6.15. The Kier molecular flexibility index (Phi) is 3.56. The molecular formula is C14H21N5O. The van der Waals surface area contributed by atoms with E-state index >= 15 is 0 Å². The summed E-state index contributed by atoms with van der Waals surface area (Å²) in [5.41, 5.74) is 7.04. The Hall–Kier alpha value is -1.69. The van der Waals surface area contributed by atoms with Crippen LogP contribution in [0.4, 0.5) is 0 Å². The highest BCUT2D eigenvalue weighted by atomic mass is 16.5. The Labute approximate surface area is 118 Å². The van der Waals surface area contributed by atoms with Crippen LogP contribution >= 0.6 is 0 Å². The number of aryl methyl sites for hydroxylation is 1. The van der Waals surface area contributed by atoms with Crippen molar-refractivity contribution in [1.82, 2.24) is 19.9 Å². The van der Waals surface area contributed by atoms with Crippen molar-refractivity contribution in [3.8, 4) is 0 Å². The van der Waals surface area contributed by atoms with Crippen LogP contribution in [-0.4, -0.2) is 19.9 Å². The van der Waals surface area contributed by atoms with Gasteiger partial charge in [-0.3, -0.25) is 4.68 Å². The first-order valence-corrected chi connectivity index (χ1v) is 7.21. The number of nitrogens with zero attached hydrogens (tertiary/aromatic N) is 4. The number of nitrogens with two attached hydrogens (primary N) is 1. The Bertz CT molecular complexity index is 576. The average Bonchev–Trinajstić information content (AvgIpc) is 3.07. The SMILES string of the molecule is CC1CCCC(c2noc(C(N)c3cnn(C)c3)n2)C1. The summed E-state index contributed by atoms with van der Waals surface area (Å²) < 4.78 is 7.07. The lowest BCUT2D eigenvalue weighted by Crippen LogP contribution is -2.14. The van der Waals surface area contributed by atoms with Crippen molar-refractivity contribution < 1.29 is 4.52 Å². The molecule has 0 aromatic carbocycles. The molecule has 108 valence electrons. The second-order valence-corrected chi connectivity index (χ2v) is 5.88. The van der Waals surface area contributed by atoms with Gasteiger partial charge in [0.1, 0.15) is 6.04 Å². The van der Waals surface area contributed by atoms with Crippen LogP contribution in [-0.2, 0) is 7.05 Å². The van der Waals surface area contributed by atoms with Crippen LogP contribution < -0.4 is 5.73 Å². The highest BCUT2D eigenvalue weighted by Gasteiger charge is 2.26. The van der Waals surface area contributed by atoms with Crippen LogP contribution in [0.2, 0.25) is 0 Å². The van der Waals surface area contributed by atoms with Crippen molar-refractivity contribution in [3.05, 3.63) is 29.7 Å². The van der Waals surface area contributed by atoms with Crippen LogP contribution in [0.15, 0.2) is 16.9 Å². The van der Waals surface area contributed by atoms with Gasteiger partial charge in [0.15, 0.2) is 5.82 Å². The maximum absolute atomic E-state index is 6.15. The van der Waals surface area contributed by atoms with Gasteiger partial charge in [0.2, 0.25) is 5.89 Å². The van der Waals surface area contributed by atoms with Crippen LogP contribution in [0.5, 0.6) is 0 Å². The summed E-state index contributed by atoms with van der Waals surface area (Å²) in [5.74, 6) is 2.44. The number of hydrogen-bond donors (Lipinski definition) is 1. The average molecular weight is 275 g/mol. The van der Waals surface area contributed by atoms with Crippen molar-refractivity contribution in [1.29, 1.82) is 0 Å². The first-order valence-electron chi connectivity index (χ1n) is 7.21. The van der Waals surface area contributed by atoms with Gasteiger partial charge in [0.25, 0.3) is 0 Å².